The van der Waals surface area contributed by atoms with Crippen LogP contribution < -0.4 is 5.32 Å². The van der Waals surface area contributed by atoms with E-state index in [4.69, 9.17) is 0 Å². The van der Waals surface area contributed by atoms with Crippen LogP contribution in [0.2, 0.25) is 0 Å². The molecule has 1 N–H and O–H groups in total. The Labute approximate surface area is 139 Å². The molecule has 0 radical (unpaired) electrons. The monoisotopic (exact) mass is 321 g/mol. The average molecular weight is 321 g/mol. The first-order valence-electron chi connectivity index (χ1n) is 7.23. The summed E-state index contributed by atoms with van der Waals surface area (Å²) in [6, 6.07) is 16.7. The van der Waals surface area contributed by atoms with Crippen molar-refractivity contribution >= 4 is 17.7 Å². The number of nitrogens with one attached hydrogen (secondary N) is 1. The van der Waals surface area contributed by atoms with Crippen LogP contribution in [0.4, 0.5) is 5.69 Å². The second kappa shape index (κ2) is 7.70. The maximum Gasteiger partial charge on any atom is 0.270 e. The number of hydrogen-bond donors (Lipinski definition) is 1. The normalized spacial score (nSPS) is 12.1. The molecule has 0 aliphatic rings. The lowest BCUT2D eigenvalue weighted by molar-refractivity contribution is -0.384. The number of carbonyl (C=O) groups excluding carboxylic acids is 1. The van der Waals surface area contributed by atoms with Crippen LogP contribution in [0.5, 0.6) is 0 Å². The Bertz CT molecular complexity index is 823. The maximum absolute atomic E-state index is 12.2. The lowest BCUT2D eigenvalue weighted by Crippen LogP contribution is -2.27. The van der Waals surface area contributed by atoms with E-state index in [9.17, 15) is 20.2 Å². The summed E-state index contributed by atoms with van der Waals surface area (Å²) in [6.45, 7) is 1.82. The molecule has 0 unspecified atom stereocenters. The third kappa shape index (κ3) is 4.27. The number of amides is 1. The highest BCUT2D eigenvalue weighted by molar-refractivity contribution is 6.01. The molecule has 0 saturated carbocycles. The first-order chi connectivity index (χ1) is 11.5. The predicted molar refractivity (Wildman–Crippen MR) is 89.7 cm³/mol. The van der Waals surface area contributed by atoms with Crippen molar-refractivity contribution in [1.29, 1.82) is 5.26 Å². The minimum absolute atomic E-state index is 0.0981. The zero-order valence-corrected chi connectivity index (χ0v) is 13.0. The summed E-state index contributed by atoms with van der Waals surface area (Å²) >= 11 is 0. The van der Waals surface area contributed by atoms with E-state index < -0.39 is 10.8 Å². The minimum atomic E-state index is -0.527. The van der Waals surface area contributed by atoms with E-state index >= 15 is 0 Å². The van der Waals surface area contributed by atoms with Gasteiger partial charge in [-0.3, -0.25) is 14.9 Å². The summed E-state index contributed by atoms with van der Waals surface area (Å²) in [4.78, 5) is 22.5. The lowest BCUT2D eigenvalue weighted by Gasteiger charge is -2.13. The number of nitro groups is 1. The molecule has 0 bridgehead atoms. The molecule has 1 atom stereocenters. The predicted octanol–water partition coefficient (Wildman–Crippen LogP) is 3.38. The molecule has 0 spiro atoms. The summed E-state index contributed by atoms with van der Waals surface area (Å²) in [5.41, 5.74) is 1.12. The van der Waals surface area contributed by atoms with Crippen molar-refractivity contribution in [2.75, 3.05) is 0 Å². The van der Waals surface area contributed by atoms with Gasteiger partial charge in [-0.05, 0) is 24.1 Å². The average Bonchev–Trinajstić information content (AvgIpc) is 2.60. The Morgan fingerprint density at radius 3 is 2.58 bits per heavy atom. The van der Waals surface area contributed by atoms with E-state index in [1.54, 1.807) is 6.07 Å². The highest BCUT2D eigenvalue weighted by Crippen LogP contribution is 2.17. The molecule has 0 fully saturated rings. The van der Waals surface area contributed by atoms with Gasteiger partial charge in [0.1, 0.15) is 11.6 Å². The van der Waals surface area contributed by atoms with Gasteiger partial charge in [0.2, 0.25) is 0 Å². The van der Waals surface area contributed by atoms with E-state index in [-0.39, 0.29) is 17.3 Å². The first-order valence-corrected chi connectivity index (χ1v) is 7.23. The van der Waals surface area contributed by atoms with Crippen molar-refractivity contribution in [3.8, 4) is 6.07 Å². The molecule has 2 rings (SSSR count). The maximum atomic E-state index is 12.2. The van der Waals surface area contributed by atoms with Gasteiger partial charge in [-0.2, -0.15) is 5.26 Å². The second-order valence-corrected chi connectivity index (χ2v) is 5.13. The number of hydrogen-bond acceptors (Lipinski definition) is 4. The number of benzene rings is 2. The Balaban J connectivity index is 2.18. The smallest absolute Gasteiger partial charge is 0.270 e. The van der Waals surface area contributed by atoms with Gasteiger partial charge in [0.05, 0.1) is 11.0 Å². The van der Waals surface area contributed by atoms with Gasteiger partial charge in [0.15, 0.2) is 0 Å². The molecule has 2 aromatic carbocycles. The lowest BCUT2D eigenvalue weighted by atomic mass is 10.1. The first kappa shape index (κ1) is 16.9. The van der Waals surface area contributed by atoms with Gasteiger partial charge >= 0.3 is 0 Å². The zero-order valence-electron chi connectivity index (χ0n) is 13.0. The molecule has 0 heterocycles. The summed E-state index contributed by atoms with van der Waals surface area (Å²) in [5, 5.41) is 22.7. The van der Waals surface area contributed by atoms with E-state index in [0.717, 1.165) is 5.56 Å². The number of rotatable bonds is 5. The van der Waals surface area contributed by atoms with Crippen molar-refractivity contribution in [3.63, 3.8) is 0 Å². The summed E-state index contributed by atoms with van der Waals surface area (Å²) in [5.74, 6) is -0.527. The fraction of sp³-hybridized carbons (Fsp3) is 0.111. The highest BCUT2D eigenvalue weighted by atomic mass is 16.6. The molecule has 0 aromatic heterocycles. The van der Waals surface area contributed by atoms with Gasteiger partial charge in [-0.25, -0.2) is 0 Å². The zero-order chi connectivity index (χ0) is 17.5. The van der Waals surface area contributed by atoms with Crippen molar-refractivity contribution in [2.45, 2.75) is 13.0 Å². The van der Waals surface area contributed by atoms with E-state index in [1.165, 1.54) is 24.3 Å². The third-order valence-corrected chi connectivity index (χ3v) is 3.40. The Hall–Kier alpha value is -3.46. The largest absolute Gasteiger partial charge is 0.345 e. The molecule has 0 saturated heterocycles. The molecule has 120 valence electrons. The standard InChI is InChI=1S/C18H15N3O3/c1-13(15-7-3-2-4-8-15)20-18(22)16(12-19)10-14-6-5-9-17(11-14)21(23)24/h2-11,13H,1H3,(H,20,22)/b16-10-/t13-/m0/s1. The van der Waals surface area contributed by atoms with Crippen LogP contribution in [-0.2, 0) is 4.79 Å². The number of carbonyl (C=O) groups is 1. The summed E-state index contributed by atoms with van der Waals surface area (Å²) in [7, 11) is 0. The van der Waals surface area contributed by atoms with Crippen LogP contribution in [0, 0.1) is 21.4 Å². The quantitative estimate of drug-likeness (QED) is 0.395. The van der Waals surface area contributed by atoms with Crippen LogP contribution in [0.25, 0.3) is 6.08 Å². The van der Waals surface area contributed by atoms with Gasteiger partial charge in [-0.15, -0.1) is 0 Å². The molecule has 6 nitrogen and oxygen atoms in total. The van der Waals surface area contributed by atoms with Gasteiger partial charge in [-0.1, -0.05) is 42.5 Å². The number of non-ortho nitro benzene ring substituents is 1. The van der Waals surface area contributed by atoms with Crippen molar-refractivity contribution in [2.24, 2.45) is 0 Å². The molecule has 6 heteroatoms. The third-order valence-electron chi connectivity index (χ3n) is 3.40. The highest BCUT2D eigenvalue weighted by Gasteiger charge is 2.14. The molecule has 0 aliphatic heterocycles. The second-order valence-electron chi connectivity index (χ2n) is 5.13. The fourth-order valence-corrected chi connectivity index (χ4v) is 2.14. The minimum Gasteiger partial charge on any atom is -0.345 e. The summed E-state index contributed by atoms with van der Waals surface area (Å²) in [6.07, 6.45) is 1.33. The Morgan fingerprint density at radius 1 is 1.25 bits per heavy atom. The molecule has 2 aromatic rings. The van der Waals surface area contributed by atoms with Crippen LogP contribution in [0.1, 0.15) is 24.1 Å². The molecular weight excluding hydrogens is 306 g/mol. The van der Waals surface area contributed by atoms with Crippen molar-refractivity contribution in [3.05, 3.63) is 81.4 Å². The van der Waals surface area contributed by atoms with Crippen LogP contribution in [0.15, 0.2) is 60.2 Å². The van der Waals surface area contributed by atoms with Crippen LogP contribution >= 0.6 is 0 Å². The summed E-state index contributed by atoms with van der Waals surface area (Å²) < 4.78 is 0. The van der Waals surface area contributed by atoms with Crippen LogP contribution in [0.3, 0.4) is 0 Å². The number of nitriles is 1. The van der Waals surface area contributed by atoms with Gasteiger partial charge in [0, 0.05) is 12.1 Å². The molecule has 1 amide bonds. The number of nitro benzene ring substituents is 1. The van der Waals surface area contributed by atoms with Gasteiger partial charge in [0.25, 0.3) is 11.6 Å². The van der Waals surface area contributed by atoms with Gasteiger partial charge < -0.3 is 5.32 Å². The van der Waals surface area contributed by atoms with E-state index in [0.29, 0.717) is 5.56 Å². The van der Waals surface area contributed by atoms with Crippen LogP contribution in [-0.4, -0.2) is 10.8 Å². The SMILES string of the molecule is C[C@H](NC(=O)/C(C#N)=C\c1cccc([N+](=O)[O-])c1)c1ccccc1. The Kier molecular flexibility index (Phi) is 5.42. The Morgan fingerprint density at radius 2 is 1.96 bits per heavy atom. The van der Waals surface area contributed by atoms with Crippen molar-refractivity contribution < 1.29 is 9.72 Å². The van der Waals surface area contributed by atoms with E-state index in [1.807, 2.05) is 43.3 Å². The van der Waals surface area contributed by atoms with E-state index in [2.05, 4.69) is 5.32 Å². The fourth-order valence-electron chi connectivity index (χ4n) is 2.14. The van der Waals surface area contributed by atoms with Crippen molar-refractivity contribution in [1.82, 2.24) is 5.32 Å². The molecule has 24 heavy (non-hydrogen) atoms. The number of nitrogens with zero attached hydrogens (tertiary/aromatic N) is 2. The molecular formula is C18H15N3O3. The topological polar surface area (TPSA) is 96.0 Å². The molecule has 0 aliphatic carbocycles.